The Morgan fingerprint density at radius 2 is 2.15 bits per heavy atom. The van der Waals surface area contributed by atoms with Crippen LogP contribution >= 0.6 is 0 Å². The van der Waals surface area contributed by atoms with Gasteiger partial charge in [0, 0.05) is 12.6 Å². The van der Waals surface area contributed by atoms with Crippen molar-refractivity contribution in [3.05, 3.63) is 59.4 Å². The highest BCUT2D eigenvalue weighted by Crippen LogP contribution is 2.19. The van der Waals surface area contributed by atoms with Crippen LogP contribution < -0.4 is 10.1 Å². The summed E-state index contributed by atoms with van der Waals surface area (Å²) in [5, 5.41) is 20.8. The van der Waals surface area contributed by atoms with Gasteiger partial charge in [0.05, 0.1) is 31.4 Å². The number of ether oxygens (including phenoxy) is 2. The van der Waals surface area contributed by atoms with Crippen LogP contribution in [-0.2, 0) is 11.3 Å². The van der Waals surface area contributed by atoms with Gasteiger partial charge in [-0.2, -0.15) is 5.26 Å². The molecule has 1 aromatic heterocycles. The lowest BCUT2D eigenvalue weighted by atomic mass is 10.1. The Labute approximate surface area is 151 Å². The minimum absolute atomic E-state index is 0.0190. The van der Waals surface area contributed by atoms with Crippen LogP contribution in [-0.4, -0.2) is 41.4 Å². The number of carbonyl (C=O) groups is 1. The first-order chi connectivity index (χ1) is 12.7. The number of pyridine rings is 1. The summed E-state index contributed by atoms with van der Waals surface area (Å²) in [6.45, 7) is 0.897. The molecule has 134 valence electrons. The number of amides is 1. The minimum atomic E-state index is -0.301. The fourth-order valence-electron chi connectivity index (χ4n) is 2.69. The van der Waals surface area contributed by atoms with E-state index in [-0.39, 0.29) is 30.4 Å². The number of nitriles is 1. The van der Waals surface area contributed by atoms with Crippen LogP contribution in [0.1, 0.15) is 28.0 Å². The molecule has 7 heteroatoms. The Bertz CT molecular complexity index is 784. The first-order valence-corrected chi connectivity index (χ1v) is 8.31. The monoisotopic (exact) mass is 353 g/mol. The van der Waals surface area contributed by atoms with Gasteiger partial charge in [0.2, 0.25) is 0 Å². The van der Waals surface area contributed by atoms with Crippen LogP contribution in [0.25, 0.3) is 0 Å². The zero-order chi connectivity index (χ0) is 18.4. The Morgan fingerprint density at radius 3 is 2.81 bits per heavy atom. The average molecular weight is 353 g/mol. The van der Waals surface area contributed by atoms with E-state index in [9.17, 15) is 4.79 Å². The SMILES string of the molecule is N#Cc1ccc(C(=O)N[C@@H]2COCC[C@H]2Oc2ccc(CO)cc2)cn1. The summed E-state index contributed by atoms with van der Waals surface area (Å²) in [7, 11) is 0. The van der Waals surface area contributed by atoms with Gasteiger partial charge in [-0.3, -0.25) is 4.79 Å². The molecule has 26 heavy (non-hydrogen) atoms. The molecule has 3 rings (SSSR count). The lowest BCUT2D eigenvalue weighted by Crippen LogP contribution is -2.51. The molecule has 1 aliphatic rings. The largest absolute Gasteiger partial charge is 0.488 e. The van der Waals surface area contributed by atoms with E-state index in [1.165, 1.54) is 12.3 Å². The van der Waals surface area contributed by atoms with Crippen molar-refractivity contribution in [3.8, 4) is 11.8 Å². The minimum Gasteiger partial charge on any atom is -0.488 e. The van der Waals surface area contributed by atoms with Crippen molar-refractivity contribution >= 4 is 5.91 Å². The van der Waals surface area contributed by atoms with Crippen LogP contribution in [0.5, 0.6) is 5.75 Å². The maximum absolute atomic E-state index is 12.4. The van der Waals surface area contributed by atoms with Gasteiger partial charge >= 0.3 is 0 Å². The number of aliphatic hydroxyl groups is 1. The molecule has 1 fully saturated rings. The molecule has 0 radical (unpaired) electrons. The molecule has 0 aliphatic carbocycles. The molecular weight excluding hydrogens is 334 g/mol. The highest BCUT2D eigenvalue weighted by atomic mass is 16.5. The third-order valence-electron chi connectivity index (χ3n) is 4.14. The van der Waals surface area contributed by atoms with Crippen LogP contribution in [0.4, 0.5) is 0 Å². The van der Waals surface area contributed by atoms with Crippen LogP contribution in [0.2, 0.25) is 0 Å². The molecule has 0 spiro atoms. The molecule has 2 heterocycles. The van der Waals surface area contributed by atoms with Gasteiger partial charge in [-0.1, -0.05) is 12.1 Å². The van der Waals surface area contributed by atoms with Gasteiger partial charge in [0.1, 0.15) is 23.6 Å². The van der Waals surface area contributed by atoms with Crippen molar-refractivity contribution in [2.75, 3.05) is 13.2 Å². The average Bonchev–Trinajstić information content (AvgIpc) is 2.70. The number of hydrogen-bond acceptors (Lipinski definition) is 6. The van der Waals surface area contributed by atoms with Crippen molar-refractivity contribution in [1.29, 1.82) is 5.26 Å². The van der Waals surface area contributed by atoms with Crippen molar-refractivity contribution < 1.29 is 19.4 Å². The summed E-state index contributed by atoms with van der Waals surface area (Å²) in [4.78, 5) is 16.3. The number of benzene rings is 1. The zero-order valence-electron chi connectivity index (χ0n) is 14.1. The molecule has 0 bridgehead atoms. The van der Waals surface area contributed by atoms with Crippen molar-refractivity contribution in [2.24, 2.45) is 0 Å². The molecule has 2 aromatic rings. The van der Waals surface area contributed by atoms with E-state index >= 15 is 0 Å². The predicted molar refractivity (Wildman–Crippen MR) is 92.4 cm³/mol. The van der Waals surface area contributed by atoms with Gasteiger partial charge in [-0.15, -0.1) is 0 Å². The third kappa shape index (κ3) is 4.36. The van der Waals surface area contributed by atoms with Gasteiger partial charge in [0.15, 0.2) is 0 Å². The number of carbonyl (C=O) groups excluding carboxylic acids is 1. The topological polar surface area (TPSA) is 104 Å². The molecule has 2 atom stereocenters. The number of rotatable bonds is 5. The Kier molecular flexibility index (Phi) is 5.79. The van der Waals surface area contributed by atoms with Crippen molar-refractivity contribution in [2.45, 2.75) is 25.2 Å². The molecule has 7 nitrogen and oxygen atoms in total. The molecule has 2 N–H and O–H groups in total. The second-order valence-corrected chi connectivity index (χ2v) is 5.95. The maximum atomic E-state index is 12.4. The predicted octanol–water partition coefficient (Wildman–Crippen LogP) is 1.41. The van der Waals surface area contributed by atoms with E-state index in [4.69, 9.17) is 19.8 Å². The highest BCUT2D eigenvalue weighted by Gasteiger charge is 2.29. The summed E-state index contributed by atoms with van der Waals surface area (Å²) in [5.41, 5.74) is 1.44. The van der Waals surface area contributed by atoms with Crippen LogP contribution in [0.3, 0.4) is 0 Å². The lowest BCUT2D eigenvalue weighted by molar-refractivity contribution is -0.00289. The van der Waals surface area contributed by atoms with Gasteiger partial charge < -0.3 is 19.9 Å². The number of nitrogens with zero attached hydrogens (tertiary/aromatic N) is 2. The Balaban J connectivity index is 1.65. The maximum Gasteiger partial charge on any atom is 0.253 e. The Morgan fingerprint density at radius 1 is 1.35 bits per heavy atom. The summed E-state index contributed by atoms with van der Waals surface area (Å²) >= 11 is 0. The quantitative estimate of drug-likeness (QED) is 0.842. The van der Waals surface area contributed by atoms with Gasteiger partial charge in [-0.25, -0.2) is 4.98 Å². The Hall–Kier alpha value is -2.95. The van der Waals surface area contributed by atoms with E-state index in [0.29, 0.717) is 30.9 Å². The number of hydrogen-bond donors (Lipinski definition) is 2. The van der Waals surface area contributed by atoms with Crippen molar-refractivity contribution in [3.63, 3.8) is 0 Å². The number of aliphatic hydroxyl groups excluding tert-OH is 1. The first kappa shape index (κ1) is 17.9. The number of aromatic nitrogens is 1. The van der Waals surface area contributed by atoms with E-state index in [1.807, 2.05) is 6.07 Å². The molecule has 0 saturated carbocycles. The van der Waals surface area contributed by atoms with Crippen LogP contribution in [0, 0.1) is 11.3 Å². The standard InChI is InChI=1S/C19H19N3O4/c20-9-15-4-3-14(10-21-15)19(24)22-17-12-25-8-7-18(17)26-16-5-1-13(11-23)2-6-16/h1-6,10,17-18,23H,7-8,11-12H2,(H,22,24)/t17-,18-/m1/s1. The van der Waals surface area contributed by atoms with Crippen LogP contribution in [0.15, 0.2) is 42.6 Å². The summed E-state index contributed by atoms with van der Waals surface area (Å²) in [6.07, 6.45) is 1.80. The van der Waals surface area contributed by atoms with E-state index in [1.54, 1.807) is 30.3 Å². The first-order valence-electron chi connectivity index (χ1n) is 8.31. The summed E-state index contributed by atoms with van der Waals surface area (Å²) < 4.78 is 11.5. The molecule has 1 aromatic carbocycles. The highest BCUT2D eigenvalue weighted by molar-refractivity contribution is 5.94. The number of nitrogens with one attached hydrogen (secondary N) is 1. The fraction of sp³-hybridized carbons (Fsp3) is 0.316. The molecule has 0 unspecified atom stereocenters. The lowest BCUT2D eigenvalue weighted by Gasteiger charge is -2.32. The van der Waals surface area contributed by atoms with E-state index in [2.05, 4.69) is 10.3 Å². The summed E-state index contributed by atoms with van der Waals surface area (Å²) in [5.74, 6) is 0.384. The van der Waals surface area contributed by atoms with E-state index < -0.39 is 0 Å². The molecular formula is C19H19N3O4. The normalized spacial score (nSPS) is 19.4. The second kappa shape index (κ2) is 8.43. The smallest absolute Gasteiger partial charge is 0.253 e. The summed E-state index contributed by atoms with van der Waals surface area (Å²) in [6, 6.07) is 11.9. The van der Waals surface area contributed by atoms with Gasteiger partial charge in [0.25, 0.3) is 5.91 Å². The third-order valence-corrected chi connectivity index (χ3v) is 4.14. The molecule has 1 amide bonds. The van der Waals surface area contributed by atoms with Gasteiger partial charge in [-0.05, 0) is 29.8 Å². The van der Waals surface area contributed by atoms with E-state index in [0.717, 1.165) is 5.56 Å². The second-order valence-electron chi connectivity index (χ2n) is 5.95. The zero-order valence-corrected chi connectivity index (χ0v) is 14.1. The molecule has 1 saturated heterocycles. The molecule has 1 aliphatic heterocycles. The fourth-order valence-corrected chi connectivity index (χ4v) is 2.69. The van der Waals surface area contributed by atoms with Crippen molar-refractivity contribution in [1.82, 2.24) is 10.3 Å².